The molecular weight excluding hydrogens is 208 g/mol. The molecular formula is C13H17F2N. The highest BCUT2D eigenvalue weighted by Crippen LogP contribution is 2.13. The average molecular weight is 225 g/mol. The summed E-state index contributed by atoms with van der Waals surface area (Å²) in [6, 6.07) is 3.86. The quantitative estimate of drug-likeness (QED) is 0.543. The van der Waals surface area contributed by atoms with Crippen molar-refractivity contribution in [3.05, 3.63) is 42.5 Å². The van der Waals surface area contributed by atoms with Gasteiger partial charge >= 0.3 is 0 Å². The van der Waals surface area contributed by atoms with Gasteiger partial charge in [-0.1, -0.05) is 12.5 Å². The summed E-state index contributed by atoms with van der Waals surface area (Å²) < 4.78 is 25.4. The van der Waals surface area contributed by atoms with E-state index in [-0.39, 0.29) is 0 Å². The molecule has 0 spiro atoms. The van der Waals surface area contributed by atoms with E-state index >= 15 is 0 Å². The number of benzene rings is 1. The summed E-state index contributed by atoms with van der Waals surface area (Å²) in [5, 5.41) is 3.06. The van der Waals surface area contributed by atoms with Crippen LogP contribution >= 0.6 is 0 Å². The third kappa shape index (κ3) is 4.43. The summed E-state index contributed by atoms with van der Waals surface area (Å²) in [6.45, 7) is 4.43. The molecule has 0 unspecified atom stereocenters. The lowest BCUT2D eigenvalue weighted by Gasteiger charge is -2.06. The number of allylic oxidation sites excluding steroid dienone is 1. The van der Waals surface area contributed by atoms with Crippen LogP contribution < -0.4 is 5.32 Å². The van der Waals surface area contributed by atoms with Crippen LogP contribution in [0.5, 0.6) is 0 Å². The van der Waals surface area contributed by atoms with E-state index in [0.29, 0.717) is 5.69 Å². The van der Waals surface area contributed by atoms with Crippen molar-refractivity contribution in [2.45, 2.75) is 25.7 Å². The molecule has 1 aromatic rings. The second kappa shape index (κ2) is 6.99. The highest BCUT2D eigenvalue weighted by atomic mass is 19.2. The van der Waals surface area contributed by atoms with Crippen LogP contribution in [0, 0.1) is 11.6 Å². The Kier molecular flexibility index (Phi) is 5.54. The van der Waals surface area contributed by atoms with E-state index in [1.807, 2.05) is 6.08 Å². The molecule has 0 fully saturated rings. The molecule has 1 N–H and O–H groups in total. The molecule has 0 saturated heterocycles. The zero-order chi connectivity index (χ0) is 11.8. The zero-order valence-electron chi connectivity index (χ0n) is 9.31. The first-order valence-electron chi connectivity index (χ1n) is 5.54. The molecule has 0 aliphatic heterocycles. The van der Waals surface area contributed by atoms with Gasteiger partial charge in [-0.15, -0.1) is 6.58 Å². The van der Waals surface area contributed by atoms with Gasteiger partial charge in [-0.3, -0.25) is 0 Å². The molecule has 1 rings (SSSR count). The smallest absolute Gasteiger partial charge is 0.160 e. The van der Waals surface area contributed by atoms with E-state index in [1.165, 1.54) is 6.07 Å². The molecule has 16 heavy (non-hydrogen) atoms. The highest BCUT2D eigenvalue weighted by Gasteiger charge is 2.01. The van der Waals surface area contributed by atoms with Crippen molar-refractivity contribution in [3.8, 4) is 0 Å². The van der Waals surface area contributed by atoms with E-state index in [2.05, 4.69) is 11.9 Å². The Hall–Kier alpha value is -1.38. The fourth-order valence-corrected chi connectivity index (χ4v) is 1.43. The van der Waals surface area contributed by atoms with Crippen molar-refractivity contribution in [1.82, 2.24) is 0 Å². The zero-order valence-corrected chi connectivity index (χ0v) is 9.31. The molecule has 88 valence electrons. The van der Waals surface area contributed by atoms with E-state index < -0.39 is 11.6 Å². The van der Waals surface area contributed by atoms with Crippen molar-refractivity contribution >= 4 is 5.69 Å². The predicted octanol–water partition coefficient (Wildman–Crippen LogP) is 4.12. The lowest BCUT2D eigenvalue weighted by molar-refractivity contribution is 0.509. The van der Waals surface area contributed by atoms with Crippen molar-refractivity contribution in [3.63, 3.8) is 0 Å². The SMILES string of the molecule is C=CCCCCCNc1ccc(F)c(F)c1. The van der Waals surface area contributed by atoms with Crippen LogP contribution in [-0.4, -0.2) is 6.54 Å². The average Bonchev–Trinajstić information content (AvgIpc) is 2.28. The van der Waals surface area contributed by atoms with Crippen molar-refractivity contribution in [1.29, 1.82) is 0 Å². The van der Waals surface area contributed by atoms with E-state index in [4.69, 9.17) is 0 Å². The normalized spacial score (nSPS) is 10.1. The molecule has 0 heterocycles. The Balaban J connectivity index is 2.21. The number of halogens is 2. The summed E-state index contributed by atoms with van der Waals surface area (Å²) in [7, 11) is 0. The van der Waals surface area contributed by atoms with Crippen molar-refractivity contribution in [2.75, 3.05) is 11.9 Å². The van der Waals surface area contributed by atoms with Gasteiger partial charge < -0.3 is 5.32 Å². The molecule has 0 saturated carbocycles. The number of anilines is 1. The number of nitrogens with one attached hydrogen (secondary N) is 1. The third-order valence-electron chi connectivity index (χ3n) is 2.33. The molecule has 3 heteroatoms. The van der Waals surface area contributed by atoms with Gasteiger partial charge in [-0.05, 0) is 37.5 Å². The van der Waals surface area contributed by atoms with E-state index in [9.17, 15) is 8.78 Å². The summed E-state index contributed by atoms with van der Waals surface area (Å²) in [4.78, 5) is 0. The number of hydrogen-bond acceptors (Lipinski definition) is 1. The van der Waals surface area contributed by atoms with Crippen LogP contribution in [0.2, 0.25) is 0 Å². The van der Waals surface area contributed by atoms with Gasteiger partial charge in [0, 0.05) is 12.2 Å². The van der Waals surface area contributed by atoms with Gasteiger partial charge in [0.2, 0.25) is 0 Å². The second-order valence-corrected chi connectivity index (χ2v) is 3.69. The number of unbranched alkanes of at least 4 members (excludes halogenated alkanes) is 3. The van der Waals surface area contributed by atoms with Gasteiger partial charge in [-0.2, -0.15) is 0 Å². The molecule has 0 aliphatic rings. The monoisotopic (exact) mass is 225 g/mol. The van der Waals surface area contributed by atoms with E-state index in [0.717, 1.165) is 38.3 Å². The fraction of sp³-hybridized carbons (Fsp3) is 0.385. The van der Waals surface area contributed by atoms with Crippen LogP contribution in [0.4, 0.5) is 14.5 Å². The van der Waals surface area contributed by atoms with Gasteiger partial charge in [-0.25, -0.2) is 8.78 Å². The van der Waals surface area contributed by atoms with Crippen LogP contribution in [0.1, 0.15) is 25.7 Å². The summed E-state index contributed by atoms with van der Waals surface area (Å²) in [5.74, 6) is -1.62. The lowest BCUT2D eigenvalue weighted by atomic mass is 10.2. The van der Waals surface area contributed by atoms with Crippen LogP contribution in [0.15, 0.2) is 30.9 Å². The second-order valence-electron chi connectivity index (χ2n) is 3.69. The molecule has 0 atom stereocenters. The minimum Gasteiger partial charge on any atom is -0.385 e. The molecule has 0 radical (unpaired) electrons. The summed E-state index contributed by atoms with van der Waals surface area (Å²) in [5.41, 5.74) is 0.627. The first-order chi connectivity index (χ1) is 7.74. The standard InChI is InChI=1S/C13H17F2N/c1-2-3-4-5-6-9-16-11-7-8-12(14)13(15)10-11/h2,7-8,10,16H,1,3-6,9H2. The van der Waals surface area contributed by atoms with Crippen LogP contribution in [-0.2, 0) is 0 Å². The van der Waals surface area contributed by atoms with Crippen molar-refractivity contribution < 1.29 is 8.78 Å². The fourth-order valence-electron chi connectivity index (χ4n) is 1.43. The van der Waals surface area contributed by atoms with Gasteiger partial charge in [0.15, 0.2) is 11.6 Å². The molecule has 0 amide bonds. The van der Waals surface area contributed by atoms with Crippen molar-refractivity contribution in [2.24, 2.45) is 0 Å². The maximum atomic E-state index is 12.8. The first-order valence-corrected chi connectivity index (χ1v) is 5.54. The Morgan fingerprint density at radius 1 is 1.12 bits per heavy atom. The summed E-state index contributed by atoms with van der Waals surface area (Å²) in [6.07, 6.45) is 6.20. The third-order valence-corrected chi connectivity index (χ3v) is 2.33. The van der Waals surface area contributed by atoms with Gasteiger partial charge in [0.1, 0.15) is 0 Å². The maximum Gasteiger partial charge on any atom is 0.160 e. The van der Waals surface area contributed by atoms with Gasteiger partial charge in [0.25, 0.3) is 0 Å². The number of rotatable bonds is 7. The molecule has 0 bridgehead atoms. The first kappa shape index (κ1) is 12.7. The lowest BCUT2D eigenvalue weighted by Crippen LogP contribution is -2.02. The highest BCUT2D eigenvalue weighted by molar-refractivity contribution is 5.43. The maximum absolute atomic E-state index is 12.8. The van der Waals surface area contributed by atoms with E-state index in [1.54, 1.807) is 6.07 Å². The van der Waals surface area contributed by atoms with Gasteiger partial charge in [0.05, 0.1) is 0 Å². The molecule has 0 aliphatic carbocycles. The Morgan fingerprint density at radius 3 is 2.62 bits per heavy atom. The topological polar surface area (TPSA) is 12.0 Å². The van der Waals surface area contributed by atoms with Crippen LogP contribution in [0.25, 0.3) is 0 Å². The largest absolute Gasteiger partial charge is 0.385 e. The Bertz CT molecular complexity index is 337. The summed E-state index contributed by atoms with van der Waals surface area (Å²) >= 11 is 0. The number of hydrogen-bond donors (Lipinski definition) is 1. The predicted molar refractivity (Wildman–Crippen MR) is 63.5 cm³/mol. The van der Waals surface area contributed by atoms with Crippen LogP contribution in [0.3, 0.4) is 0 Å². The molecule has 1 aromatic carbocycles. The minimum absolute atomic E-state index is 0.627. The Labute approximate surface area is 95.2 Å². The Morgan fingerprint density at radius 2 is 1.94 bits per heavy atom. The minimum atomic E-state index is -0.809. The molecule has 1 nitrogen and oxygen atoms in total. The molecule has 0 aromatic heterocycles.